The van der Waals surface area contributed by atoms with E-state index in [0.29, 0.717) is 0 Å². The van der Waals surface area contributed by atoms with Crippen LogP contribution in [0.15, 0.2) is 12.3 Å². The zero-order valence-electron chi connectivity index (χ0n) is 12.9. The minimum Gasteiger partial charge on any atom is -0.339 e. The average molecular weight is 286 g/mol. The van der Waals surface area contributed by atoms with Crippen LogP contribution < -0.4 is 0 Å². The molecule has 1 fully saturated rings. The second kappa shape index (κ2) is 7.06. The molecule has 0 saturated carbocycles. The van der Waals surface area contributed by atoms with Gasteiger partial charge < -0.3 is 4.90 Å². The van der Waals surface area contributed by atoms with Gasteiger partial charge in [-0.25, -0.2) is 0 Å². The van der Waals surface area contributed by atoms with Crippen molar-refractivity contribution >= 4 is 5.91 Å². The summed E-state index contributed by atoms with van der Waals surface area (Å²) < 4.78 is 0. The average Bonchev–Trinajstić information content (AvgIpc) is 3.02. The number of carbonyl (C=O) groups is 1. The monoisotopic (exact) mass is 286 g/mol. The van der Waals surface area contributed by atoms with Crippen molar-refractivity contribution in [3.63, 3.8) is 0 Å². The van der Waals surface area contributed by atoms with Gasteiger partial charge in [0.25, 0.3) is 5.91 Å². The van der Waals surface area contributed by atoms with Gasteiger partial charge in [-0.1, -0.05) is 25.7 Å². The molecular formula is C18H26N2O. The summed E-state index contributed by atoms with van der Waals surface area (Å²) >= 11 is 0. The van der Waals surface area contributed by atoms with Crippen LogP contribution in [0.1, 0.15) is 73.0 Å². The lowest BCUT2D eigenvalue weighted by Crippen LogP contribution is -2.28. The van der Waals surface area contributed by atoms with Crippen molar-refractivity contribution in [2.45, 2.75) is 64.2 Å². The smallest absolute Gasteiger partial charge is 0.255 e. The molecule has 3 heteroatoms. The molecule has 114 valence electrons. The molecule has 1 aliphatic heterocycles. The number of aromatic nitrogens is 1. The molecule has 0 atom stereocenters. The first-order chi connectivity index (χ1) is 10.3. The highest BCUT2D eigenvalue weighted by molar-refractivity contribution is 5.95. The van der Waals surface area contributed by atoms with Gasteiger partial charge in [-0.05, 0) is 50.2 Å². The fourth-order valence-electron chi connectivity index (χ4n) is 3.50. The second-order valence-electron chi connectivity index (χ2n) is 6.45. The van der Waals surface area contributed by atoms with Crippen LogP contribution in [0.25, 0.3) is 0 Å². The van der Waals surface area contributed by atoms with E-state index in [2.05, 4.69) is 11.1 Å². The van der Waals surface area contributed by atoms with Crippen LogP contribution in [-0.4, -0.2) is 28.9 Å². The molecule has 0 unspecified atom stereocenters. The molecule has 21 heavy (non-hydrogen) atoms. The third kappa shape index (κ3) is 3.63. The predicted octanol–water partition coefficient (Wildman–Crippen LogP) is 3.76. The fourth-order valence-corrected chi connectivity index (χ4v) is 3.50. The van der Waals surface area contributed by atoms with E-state index in [1.54, 1.807) is 0 Å². The van der Waals surface area contributed by atoms with E-state index in [-0.39, 0.29) is 5.91 Å². The summed E-state index contributed by atoms with van der Waals surface area (Å²) in [7, 11) is 0. The summed E-state index contributed by atoms with van der Waals surface area (Å²) in [6.45, 7) is 1.83. The normalized spacial score (nSPS) is 20.1. The molecule has 1 saturated heterocycles. The lowest BCUT2D eigenvalue weighted by molar-refractivity contribution is 0.0791. The summed E-state index contributed by atoms with van der Waals surface area (Å²) in [5.41, 5.74) is 3.27. The number of pyridine rings is 1. The first-order valence-electron chi connectivity index (χ1n) is 8.62. The third-order valence-corrected chi connectivity index (χ3v) is 4.80. The van der Waals surface area contributed by atoms with E-state index in [1.165, 1.54) is 49.8 Å². The molecule has 3 rings (SSSR count). The summed E-state index contributed by atoms with van der Waals surface area (Å²) in [6.07, 6.45) is 13.9. The summed E-state index contributed by atoms with van der Waals surface area (Å²) in [6, 6.07) is 2.20. The highest BCUT2D eigenvalue weighted by Crippen LogP contribution is 2.21. The van der Waals surface area contributed by atoms with Gasteiger partial charge in [-0.15, -0.1) is 0 Å². The van der Waals surface area contributed by atoms with E-state index >= 15 is 0 Å². The minimum absolute atomic E-state index is 0.205. The molecule has 3 nitrogen and oxygen atoms in total. The number of carbonyl (C=O) groups excluding carboxylic acids is 1. The Hall–Kier alpha value is -1.38. The van der Waals surface area contributed by atoms with Gasteiger partial charge in [0.2, 0.25) is 0 Å². The SMILES string of the molecule is O=C(c1cnc2cc1CCCCCCCC2)N1CCCC1. The highest BCUT2D eigenvalue weighted by Gasteiger charge is 2.22. The zero-order chi connectivity index (χ0) is 14.5. The fraction of sp³-hybridized carbons (Fsp3) is 0.667. The molecule has 1 aliphatic carbocycles. The molecule has 2 heterocycles. The topological polar surface area (TPSA) is 33.2 Å². The van der Waals surface area contributed by atoms with E-state index in [4.69, 9.17) is 0 Å². The maximum Gasteiger partial charge on any atom is 0.255 e. The first kappa shape index (κ1) is 14.6. The number of likely N-dealkylation sites (tertiary alicyclic amines) is 1. The van der Waals surface area contributed by atoms with E-state index in [0.717, 1.165) is 44.3 Å². The Morgan fingerprint density at radius 1 is 0.905 bits per heavy atom. The predicted molar refractivity (Wildman–Crippen MR) is 84.5 cm³/mol. The van der Waals surface area contributed by atoms with E-state index in [9.17, 15) is 4.79 Å². The van der Waals surface area contributed by atoms with E-state index in [1.807, 2.05) is 11.1 Å². The van der Waals surface area contributed by atoms with Crippen LogP contribution in [0, 0.1) is 0 Å². The molecule has 0 spiro atoms. The summed E-state index contributed by atoms with van der Waals surface area (Å²) in [5.74, 6) is 0.205. The third-order valence-electron chi connectivity index (χ3n) is 4.80. The maximum atomic E-state index is 12.7. The molecule has 0 N–H and O–H groups in total. The van der Waals surface area contributed by atoms with Crippen molar-refractivity contribution in [1.82, 2.24) is 9.88 Å². The van der Waals surface area contributed by atoms with Crippen LogP contribution in [0.5, 0.6) is 0 Å². The van der Waals surface area contributed by atoms with E-state index < -0.39 is 0 Å². The maximum absolute atomic E-state index is 12.7. The molecule has 2 aliphatic rings. The molecule has 0 aromatic carbocycles. The molecule has 0 radical (unpaired) electrons. The van der Waals surface area contributed by atoms with Gasteiger partial charge in [-0.2, -0.15) is 0 Å². The second-order valence-corrected chi connectivity index (χ2v) is 6.45. The van der Waals surface area contributed by atoms with Crippen molar-refractivity contribution in [2.75, 3.05) is 13.1 Å². The number of hydrogen-bond donors (Lipinski definition) is 0. The number of nitrogens with zero attached hydrogens (tertiary/aromatic N) is 2. The van der Waals surface area contributed by atoms with Crippen LogP contribution in [0.3, 0.4) is 0 Å². The molecule has 2 bridgehead atoms. The number of aryl methyl sites for hydroxylation is 2. The van der Waals surface area contributed by atoms with Crippen molar-refractivity contribution in [3.05, 3.63) is 29.1 Å². The molecule has 1 amide bonds. The summed E-state index contributed by atoms with van der Waals surface area (Å²) in [4.78, 5) is 19.2. The quantitative estimate of drug-likeness (QED) is 0.787. The Balaban J connectivity index is 1.82. The van der Waals surface area contributed by atoms with Crippen LogP contribution in [0.4, 0.5) is 0 Å². The van der Waals surface area contributed by atoms with Gasteiger partial charge in [0, 0.05) is 25.0 Å². The Bertz CT molecular complexity index is 492. The standard InChI is InChI=1S/C18H26N2O/c21-18(20-11-7-8-12-20)17-14-19-16-10-6-4-2-1-3-5-9-15(17)13-16/h13-14H,1-12H2. The van der Waals surface area contributed by atoms with Crippen molar-refractivity contribution in [1.29, 1.82) is 0 Å². The highest BCUT2D eigenvalue weighted by atomic mass is 16.2. The number of amides is 1. The Kier molecular flexibility index (Phi) is 4.89. The molecule has 1 aromatic rings. The van der Waals surface area contributed by atoms with Gasteiger partial charge in [0.1, 0.15) is 0 Å². The molecule has 1 aromatic heterocycles. The lowest BCUT2D eigenvalue weighted by atomic mass is 10.0. The van der Waals surface area contributed by atoms with Crippen molar-refractivity contribution in [2.24, 2.45) is 0 Å². The Morgan fingerprint density at radius 3 is 2.33 bits per heavy atom. The van der Waals surface area contributed by atoms with Crippen LogP contribution >= 0.6 is 0 Å². The number of fused-ring (bicyclic) bond motifs is 2. The lowest BCUT2D eigenvalue weighted by Gasteiger charge is -2.18. The summed E-state index contributed by atoms with van der Waals surface area (Å²) in [5, 5.41) is 0. The number of rotatable bonds is 1. The minimum atomic E-state index is 0.205. The Morgan fingerprint density at radius 2 is 1.57 bits per heavy atom. The van der Waals surface area contributed by atoms with Crippen LogP contribution in [-0.2, 0) is 12.8 Å². The van der Waals surface area contributed by atoms with Gasteiger partial charge >= 0.3 is 0 Å². The number of hydrogen-bond acceptors (Lipinski definition) is 2. The van der Waals surface area contributed by atoms with Crippen molar-refractivity contribution < 1.29 is 4.79 Å². The molecular weight excluding hydrogens is 260 g/mol. The van der Waals surface area contributed by atoms with Gasteiger partial charge in [0.05, 0.1) is 5.56 Å². The zero-order valence-corrected chi connectivity index (χ0v) is 12.9. The Labute approximate surface area is 127 Å². The largest absolute Gasteiger partial charge is 0.339 e. The first-order valence-corrected chi connectivity index (χ1v) is 8.62. The van der Waals surface area contributed by atoms with Gasteiger partial charge in [0.15, 0.2) is 0 Å². The van der Waals surface area contributed by atoms with Crippen molar-refractivity contribution in [3.8, 4) is 0 Å². The van der Waals surface area contributed by atoms with Gasteiger partial charge in [-0.3, -0.25) is 9.78 Å². The van der Waals surface area contributed by atoms with Crippen LogP contribution in [0.2, 0.25) is 0 Å².